The van der Waals surface area contributed by atoms with Gasteiger partial charge >= 0.3 is 12.0 Å². The zero-order valence-electron chi connectivity index (χ0n) is 12.9. The van der Waals surface area contributed by atoms with E-state index in [2.05, 4.69) is 10.6 Å². The molecule has 0 aliphatic carbocycles. The Balaban J connectivity index is 2.77. The first-order valence-electron chi connectivity index (χ1n) is 7.27. The number of hydrogen-bond acceptors (Lipinski definition) is 3. The Morgan fingerprint density at radius 2 is 1.78 bits per heavy atom. The minimum Gasteiger partial charge on any atom is -0.464 e. The van der Waals surface area contributed by atoms with Gasteiger partial charge in [-0.1, -0.05) is 54.6 Å². The summed E-state index contributed by atoms with van der Waals surface area (Å²) in [6.07, 6.45) is 2.17. The van der Waals surface area contributed by atoms with Gasteiger partial charge in [0.05, 0.1) is 22.3 Å². The number of carbonyl (C=O) groups excluding carboxylic acids is 2. The van der Waals surface area contributed by atoms with Crippen LogP contribution in [0, 0.1) is 0 Å². The van der Waals surface area contributed by atoms with Crippen molar-refractivity contribution in [1.82, 2.24) is 5.32 Å². The Kier molecular flexibility index (Phi) is 8.52. The van der Waals surface area contributed by atoms with Gasteiger partial charge in [-0.25, -0.2) is 9.59 Å². The maximum Gasteiger partial charge on any atom is 0.328 e. The van der Waals surface area contributed by atoms with Crippen LogP contribution in [0.25, 0.3) is 0 Å². The number of esters is 1. The van der Waals surface area contributed by atoms with Gasteiger partial charge in [0, 0.05) is 5.02 Å². The molecule has 5 nitrogen and oxygen atoms in total. The van der Waals surface area contributed by atoms with Crippen LogP contribution in [0.2, 0.25) is 15.1 Å². The Morgan fingerprint density at radius 3 is 2.30 bits per heavy atom. The molecule has 1 aromatic carbocycles. The summed E-state index contributed by atoms with van der Waals surface area (Å²) in [4.78, 5) is 24.0. The average molecular weight is 382 g/mol. The Hall–Kier alpha value is -1.17. The largest absolute Gasteiger partial charge is 0.464 e. The summed E-state index contributed by atoms with van der Waals surface area (Å²) in [5.41, 5.74) is 0.230. The summed E-state index contributed by atoms with van der Waals surface area (Å²) in [5, 5.41) is 5.88. The summed E-state index contributed by atoms with van der Waals surface area (Å²) in [6, 6.07) is 1.61. The molecular weight excluding hydrogens is 363 g/mol. The highest BCUT2D eigenvalue weighted by molar-refractivity contribution is 6.42. The van der Waals surface area contributed by atoms with Crippen LogP contribution in [0.1, 0.15) is 33.1 Å². The van der Waals surface area contributed by atoms with Crippen molar-refractivity contribution in [2.24, 2.45) is 0 Å². The number of ether oxygens (including phenoxy) is 1. The number of nitrogens with one attached hydrogen (secondary N) is 2. The van der Waals surface area contributed by atoms with Gasteiger partial charge in [-0.05, 0) is 25.5 Å². The van der Waals surface area contributed by atoms with E-state index in [9.17, 15) is 9.59 Å². The van der Waals surface area contributed by atoms with Gasteiger partial charge in [0.25, 0.3) is 0 Å². The maximum atomic E-state index is 12.1. The smallest absolute Gasteiger partial charge is 0.328 e. The van der Waals surface area contributed by atoms with Crippen LogP contribution in [0.15, 0.2) is 12.1 Å². The number of benzene rings is 1. The second-order valence-corrected chi connectivity index (χ2v) is 6.04. The first-order valence-corrected chi connectivity index (χ1v) is 8.41. The summed E-state index contributed by atoms with van der Waals surface area (Å²) < 4.78 is 4.96. The summed E-state index contributed by atoms with van der Waals surface area (Å²) in [6.45, 7) is 3.96. The van der Waals surface area contributed by atoms with Crippen molar-refractivity contribution in [3.63, 3.8) is 0 Å². The molecule has 0 aliphatic heterocycles. The van der Waals surface area contributed by atoms with Crippen molar-refractivity contribution in [1.29, 1.82) is 0 Å². The fraction of sp³-hybridized carbons (Fsp3) is 0.467. The summed E-state index contributed by atoms with van der Waals surface area (Å²) in [5.74, 6) is -0.468. The molecule has 1 rings (SSSR count). The predicted molar refractivity (Wildman–Crippen MR) is 93.6 cm³/mol. The molecule has 1 aromatic rings. The van der Waals surface area contributed by atoms with Gasteiger partial charge in [0.1, 0.15) is 6.04 Å². The van der Waals surface area contributed by atoms with E-state index in [1.165, 1.54) is 12.1 Å². The molecule has 0 fully saturated rings. The van der Waals surface area contributed by atoms with Crippen molar-refractivity contribution >= 4 is 52.5 Å². The number of amides is 2. The van der Waals surface area contributed by atoms with Gasteiger partial charge in [-0.2, -0.15) is 0 Å². The number of anilines is 1. The van der Waals surface area contributed by atoms with Crippen LogP contribution in [-0.2, 0) is 9.53 Å². The Bertz CT molecular complexity index is 544. The quantitative estimate of drug-likeness (QED) is 0.661. The van der Waals surface area contributed by atoms with E-state index in [1.807, 2.05) is 6.92 Å². The topological polar surface area (TPSA) is 67.4 Å². The molecule has 0 saturated heterocycles. The minimum atomic E-state index is -0.722. The van der Waals surface area contributed by atoms with Gasteiger partial charge in [0.2, 0.25) is 0 Å². The molecule has 1 unspecified atom stereocenters. The Morgan fingerprint density at radius 1 is 1.17 bits per heavy atom. The fourth-order valence-corrected chi connectivity index (χ4v) is 2.78. The third-order valence-electron chi connectivity index (χ3n) is 2.97. The monoisotopic (exact) mass is 380 g/mol. The van der Waals surface area contributed by atoms with Crippen LogP contribution in [0.5, 0.6) is 0 Å². The van der Waals surface area contributed by atoms with E-state index >= 15 is 0 Å². The molecule has 0 radical (unpaired) electrons. The van der Waals surface area contributed by atoms with Gasteiger partial charge in [-0.3, -0.25) is 0 Å². The molecule has 2 N–H and O–H groups in total. The molecule has 0 bridgehead atoms. The van der Waals surface area contributed by atoms with Gasteiger partial charge in [-0.15, -0.1) is 0 Å². The molecule has 1 atom stereocenters. The highest BCUT2D eigenvalue weighted by Crippen LogP contribution is 2.33. The standard InChI is InChI=1S/C15H19Cl3N2O3/c1-3-5-6-12(14(21)23-4-2)19-15(22)20-13-10(17)7-9(16)8-11(13)18/h7-8,12H,3-6H2,1-2H3,(H2,19,20,22). The van der Waals surface area contributed by atoms with Crippen LogP contribution < -0.4 is 10.6 Å². The summed E-state index contributed by atoms with van der Waals surface area (Å²) in [7, 11) is 0. The molecule has 2 amide bonds. The molecule has 0 aromatic heterocycles. The first-order chi connectivity index (χ1) is 10.9. The van der Waals surface area contributed by atoms with E-state index < -0.39 is 18.0 Å². The van der Waals surface area contributed by atoms with Crippen LogP contribution >= 0.6 is 34.8 Å². The van der Waals surface area contributed by atoms with Crippen molar-refractivity contribution in [2.75, 3.05) is 11.9 Å². The van der Waals surface area contributed by atoms with E-state index in [1.54, 1.807) is 6.92 Å². The average Bonchev–Trinajstić information content (AvgIpc) is 2.47. The van der Waals surface area contributed by atoms with Crippen LogP contribution in [0.4, 0.5) is 10.5 Å². The normalized spacial score (nSPS) is 11.7. The molecular formula is C15H19Cl3N2O3. The van der Waals surface area contributed by atoms with E-state index in [0.29, 0.717) is 11.4 Å². The van der Waals surface area contributed by atoms with Crippen LogP contribution in [-0.4, -0.2) is 24.6 Å². The maximum absolute atomic E-state index is 12.1. The van der Waals surface area contributed by atoms with Gasteiger partial charge < -0.3 is 15.4 Å². The molecule has 0 spiro atoms. The lowest BCUT2D eigenvalue weighted by Gasteiger charge is -2.18. The lowest BCUT2D eigenvalue weighted by molar-refractivity contribution is -0.145. The number of urea groups is 1. The van der Waals surface area contributed by atoms with Crippen molar-refractivity contribution < 1.29 is 14.3 Å². The summed E-state index contributed by atoms with van der Waals surface area (Å²) >= 11 is 17.8. The number of halogens is 3. The molecule has 128 valence electrons. The molecule has 8 heteroatoms. The number of unbranched alkanes of at least 4 members (excludes halogenated alkanes) is 1. The predicted octanol–water partition coefficient (Wildman–Crippen LogP) is 4.89. The highest BCUT2D eigenvalue weighted by atomic mass is 35.5. The van der Waals surface area contributed by atoms with E-state index in [4.69, 9.17) is 39.5 Å². The fourth-order valence-electron chi connectivity index (χ4n) is 1.87. The number of hydrogen-bond donors (Lipinski definition) is 2. The molecule has 0 heterocycles. The third-order valence-corrected chi connectivity index (χ3v) is 3.78. The second-order valence-electron chi connectivity index (χ2n) is 4.79. The van der Waals surface area contributed by atoms with E-state index in [-0.39, 0.29) is 22.3 Å². The molecule has 23 heavy (non-hydrogen) atoms. The third kappa shape index (κ3) is 6.45. The number of carbonyl (C=O) groups is 2. The zero-order chi connectivity index (χ0) is 17.4. The molecule has 0 saturated carbocycles. The molecule has 0 aliphatic rings. The lowest BCUT2D eigenvalue weighted by Crippen LogP contribution is -2.44. The van der Waals surface area contributed by atoms with Gasteiger partial charge in [0.15, 0.2) is 0 Å². The number of rotatable bonds is 7. The van der Waals surface area contributed by atoms with E-state index in [0.717, 1.165) is 12.8 Å². The SMILES string of the molecule is CCCCC(NC(=O)Nc1c(Cl)cc(Cl)cc1Cl)C(=O)OCC. The van der Waals surface area contributed by atoms with Crippen LogP contribution in [0.3, 0.4) is 0 Å². The van der Waals surface area contributed by atoms with Crippen molar-refractivity contribution in [3.8, 4) is 0 Å². The minimum absolute atomic E-state index is 0.207. The first kappa shape index (κ1) is 19.9. The second kappa shape index (κ2) is 9.85. The lowest BCUT2D eigenvalue weighted by atomic mass is 10.1. The van der Waals surface area contributed by atoms with Crippen molar-refractivity contribution in [3.05, 3.63) is 27.2 Å². The van der Waals surface area contributed by atoms with Crippen molar-refractivity contribution in [2.45, 2.75) is 39.2 Å². The highest BCUT2D eigenvalue weighted by Gasteiger charge is 2.22. The zero-order valence-corrected chi connectivity index (χ0v) is 15.2. The Labute approximate surface area is 150 Å².